The summed E-state index contributed by atoms with van der Waals surface area (Å²) in [6.45, 7) is 0. The molecule has 1 N–H and O–H groups in total. The van der Waals surface area contributed by atoms with Crippen LogP contribution in [0, 0.1) is 0 Å². The summed E-state index contributed by atoms with van der Waals surface area (Å²) in [6.07, 6.45) is 1.40. The van der Waals surface area contributed by atoms with Crippen molar-refractivity contribution in [2.75, 3.05) is 0 Å². The number of nitrogens with zero attached hydrogens (tertiary/aromatic N) is 2. The van der Waals surface area contributed by atoms with Gasteiger partial charge in [-0.25, -0.2) is 14.8 Å². The number of rotatable bonds is 1. The predicted octanol–water partition coefficient (Wildman–Crippen LogP) is 2.04. The molecule has 2 aromatic heterocycles. The van der Waals surface area contributed by atoms with E-state index in [2.05, 4.69) is 9.97 Å². The Labute approximate surface area is 81.8 Å². The van der Waals surface area contributed by atoms with Crippen LogP contribution >= 0.6 is 22.9 Å². The molecule has 0 aliphatic carbocycles. The number of aromatic carboxylic acids is 1. The summed E-state index contributed by atoms with van der Waals surface area (Å²) < 4.78 is 1.12. The monoisotopic (exact) mass is 214 g/mol. The van der Waals surface area contributed by atoms with Crippen molar-refractivity contribution in [2.24, 2.45) is 0 Å². The highest BCUT2D eigenvalue weighted by Crippen LogP contribution is 2.25. The molecule has 0 aliphatic rings. The molecule has 4 nitrogen and oxygen atoms in total. The quantitative estimate of drug-likeness (QED) is 0.789. The number of hydrogen-bond donors (Lipinski definition) is 1. The molecule has 0 saturated carbocycles. The highest BCUT2D eigenvalue weighted by atomic mass is 35.5. The van der Waals surface area contributed by atoms with Crippen LogP contribution in [0.3, 0.4) is 0 Å². The molecular weight excluding hydrogens is 212 g/mol. The van der Waals surface area contributed by atoms with Crippen molar-refractivity contribution >= 4 is 39.1 Å². The lowest BCUT2D eigenvalue weighted by Gasteiger charge is -1.90. The minimum atomic E-state index is -1.05. The van der Waals surface area contributed by atoms with Gasteiger partial charge in [0.25, 0.3) is 0 Å². The Kier molecular flexibility index (Phi) is 1.90. The number of hydrogen-bond acceptors (Lipinski definition) is 4. The topological polar surface area (TPSA) is 63.1 Å². The fourth-order valence-corrected chi connectivity index (χ4v) is 1.96. The molecule has 0 fully saturated rings. The van der Waals surface area contributed by atoms with Crippen LogP contribution in [0.5, 0.6) is 0 Å². The normalized spacial score (nSPS) is 10.5. The predicted molar refractivity (Wildman–Crippen MR) is 49.4 cm³/mol. The van der Waals surface area contributed by atoms with E-state index in [4.69, 9.17) is 16.7 Å². The van der Waals surface area contributed by atoms with Crippen LogP contribution in [0.15, 0.2) is 12.3 Å². The largest absolute Gasteiger partial charge is 0.477 e. The molecule has 0 bridgehead atoms. The van der Waals surface area contributed by atoms with Crippen molar-refractivity contribution in [3.8, 4) is 0 Å². The molecule has 0 amide bonds. The summed E-state index contributed by atoms with van der Waals surface area (Å²) in [5, 5.41) is 8.64. The summed E-state index contributed by atoms with van der Waals surface area (Å²) in [4.78, 5) is 18.2. The molecule has 13 heavy (non-hydrogen) atoms. The smallest absolute Gasteiger partial charge is 0.354 e. The zero-order chi connectivity index (χ0) is 9.42. The van der Waals surface area contributed by atoms with Crippen LogP contribution < -0.4 is 0 Å². The molecule has 2 heterocycles. The Morgan fingerprint density at radius 1 is 1.62 bits per heavy atom. The van der Waals surface area contributed by atoms with Gasteiger partial charge in [0.05, 0.1) is 10.9 Å². The minimum absolute atomic E-state index is 0.00724. The Bertz CT molecular complexity index is 482. The van der Waals surface area contributed by atoms with Crippen LogP contribution in [0.25, 0.3) is 10.2 Å². The second-order valence-corrected chi connectivity index (χ2v) is 3.92. The number of carboxylic acids is 1. The van der Waals surface area contributed by atoms with Gasteiger partial charge in [-0.2, -0.15) is 0 Å². The van der Waals surface area contributed by atoms with Crippen LogP contribution in [-0.2, 0) is 0 Å². The molecule has 0 unspecified atom stereocenters. The van der Waals surface area contributed by atoms with E-state index in [1.165, 1.54) is 23.6 Å². The molecular formula is C7H3ClN2O2S. The van der Waals surface area contributed by atoms with E-state index in [1.807, 2.05) is 0 Å². The zero-order valence-corrected chi connectivity index (χ0v) is 7.76. The molecule has 0 aliphatic heterocycles. The lowest BCUT2D eigenvalue weighted by molar-refractivity contribution is 0.0691. The number of pyridine rings is 1. The van der Waals surface area contributed by atoms with E-state index in [0.717, 1.165) is 4.70 Å². The fourth-order valence-electron chi connectivity index (χ4n) is 0.921. The third kappa shape index (κ3) is 1.48. The Balaban J connectivity index is 2.67. The Morgan fingerprint density at radius 3 is 3.08 bits per heavy atom. The second-order valence-electron chi connectivity index (χ2n) is 2.31. The number of halogens is 1. The summed E-state index contributed by atoms with van der Waals surface area (Å²) in [6, 6.07) is 1.46. The molecule has 0 radical (unpaired) electrons. The number of fused-ring (bicyclic) bond motifs is 1. The number of carboxylic acid groups (broad SMARTS) is 1. The van der Waals surface area contributed by atoms with Gasteiger partial charge in [0.2, 0.25) is 0 Å². The van der Waals surface area contributed by atoms with Crippen molar-refractivity contribution in [2.45, 2.75) is 0 Å². The molecule has 0 aromatic carbocycles. The highest BCUT2D eigenvalue weighted by Gasteiger charge is 2.08. The third-order valence-corrected chi connectivity index (χ3v) is 2.59. The molecule has 2 rings (SSSR count). The van der Waals surface area contributed by atoms with E-state index in [1.54, 1.807) is 0 Å². The van der Waals surface area contributed by atoms with Crippen molar-refractivity contribution in [1.29, 1.82) is 0 Å². The first-order valence-electron chi connectivity index (χ1n) is 3.32. The van der Waals surface area contributed by atoms with E-state index < -0.39 is 5.97 Å². The average Bonchev–Trinajstić information content (AvgIpc) is 2.42. The van der Waals surface area contributed by atoms with Crippen molar-refractivity contribution in [1.82, 2.24) is 9.97 Å². The molecule has 6 heteroatoms. The third-order valence-electron chi connectivity index (χ3n) is 1.47. The van der Waals surface area contributed by atoms with E-state index in [0.29, 0.717) is 9.98 Å². The van der Waals surface area contributed by atoms with Crippen LogP contribution in [0.4, 0.5) is 0 Å². The Morgan fingerprint density at radius 2 is 2.38 bits per heavy atom. The molecule has 0 spiro atoms. The van der Waals surface area contributed by atoms with E-state index in [9.17, 15) is 4.79 Å². The molecule has 0 atom stereocenters. The highest BCUT2D eigenvalue weighted by molar-refractivity contribution is 7.22. The first kappa shape index (κ1) is 8.40. The van der Waals surface area contributed by atoms with Gasteiger partial charge in [-0.3, -0.25) is 0 Å². The zero-order valence-electron chi connectivity index (χ0n) is 6.19. The van der Waals surface area contributed by atoms with Crippen LogP contribution in [0.2, 0.25) is 4.47 Å². The first-order chi connectivity index (χ1) is 6.16. The molecule has 2 aromatic rings. The van der Waals surface area contributed by atoms with Crippen molar-refractivity contribution in [3.05, 3.63) is 22.4 Å². The van der Waals surface area contributed by atoms with E-state index in [-0.39, 0.29) is 5.69 Å². The number of aromatic nitrogens is 2. The second kappa shape index (κ2) is 2.93. The van der Waals surface area contributed by atoms with Gasteiger partial charge in [0, 0.05) is 0 Å². The van der Waals surface area contributed by atoms with Gasteiger partial charge in [-0.05, 0) is 6.07 Å². The number of thiazole rings is 1. The standard InChI is InChI=1S/C7H3ClN2O2S/c8-7-10-4-2-9-3(6(11)12)1-5(4)13-7/h1-2H,(H,11,12). The fraction of sp³-hybridized carbons (Fsp3) is 0. The maximum Gasteiger partial charge on any atom is 0.354 e. The van der Waals surface area contributed by atoms with Gasteiger partial charge < -0.3 is 5.11 Å². The van der Waals surface area contributed by atoms with Crippen LogP contribution in [-0.4, -0.2) is 21.0 Å². The minimum Gasteiger partial charge on any atom is -0.477 e. The van der Waals surface area contributed by atoms with Crippen molar-refractivity contribution in [3.63, 3.8) is 0 Å². The maximum absolute atomic E-state index is 10.5. The lowest BCUT2D eigenvalue weighted by Crippen LogP contribution is -1.98. The van der Waals surface area contributed by atoms with Gasteiger partial charge in [0.15, 0.2) is 4.47 Å². The lowest BCUT2D eigenvalue weighted by atomic mass is 10.3. The summed E-state index contributed by atoms with van der Waals surface area (Å²) >= 11 is 6.88. The SMILES string of the molecule is O=C(O)c1cc2sc(Cl)nc2cn1. The molecule has 0 saturated heterocycles. The summed E-state index contributed by atoms with van der Waals surface area (Å²) in [5.74, 6) is -1.05. The van der Waals surface area contributed by atoms with Gasteiger partial charge in [-0.1, -0.05) is 11.6 Å². The van der Waals surface area contributed by atoms with Gasteiger partial charge >= 0.3 is 5.97 Å². The van der Waals surface area contributed by atoms with Crippen LogP contribution in [0.1, 0.15) is 10.5 Å². The van der Waals surface area contributed by atoms with Crippen molar-refractivity contribution < 1.29 is 9.90 Å². The first-order valence-corrected chi connectivity index (χ1v) is 4.51. The van der Waals surface area contributed by atoms with E-state index >= 15 is 0 Å². The average molecular weight is 215 g/mol. The maximum atomic E-state index is 10.5. The number of carbonyl (C=O) groups is 1. The molecule has 66 valence electrons. The Hall–Kier alpha value is -1.20. The summed E-state index contributed by atoms with van der Waals surface area (Å²) in [7, 11) is 0. The van der Waals surface area contributed by atoms with Gasteiger partial charge in [0.1, 0.15) is 11.2 Å². The summed E-state index contributed by atoms with van der Waals surface area (Å²) in [5.41, 5.74) is 0.632. The van der Waals surface area contributed by atoms with Gasteiger partial charge in [-0.15, -0.1) is 11.3 Å².